The van der Waals surface area contributed by atoms with Gasteiger partial charge in [-0.05, 0) is 23.1 Å². The highest BCUT2D eigenvalue weighted by molar-refractivity contribution is 5.44. The number of rotatable bonds is 0. The molecule has 1 heteroatoms. The normalized spacial score (nSPS) is 24.4. The number of allylic oxidation sites excluding steroid dienone is 1. The molecular formula is C11H12O. The Balaban J connectivity index is 2.49. The topological polar surface area (TPSA) is 20.2 Å². The maximum absolute atomic E-state index is 8.95. The molecule has 0 bridgehead atoms. The molecule has 0 spiro atoms. The summed E-state index contributed by atoms with van der Waals surface area (Å²) in [6.45, 7) is 2.13. The molecule has 1 unspecified atom stereocenters. The van der Waals surface area contributed by atoms with Gasteiger partial charge >= 0.3 is 0 Å². The monoisotopic (exact) mass is 160 g/mol. The van der Waals surface area contributed by atoms with Crippen LogP contribution in [0.1, 0.15) is 24.0 Å². The molecule has 0 saturated heterocycles. The van der Waals surface area contributed by atoms with Gasteiger partial charge in [0.25, 0.3) is 0 Å². The van der Waals surface area contributed by atoms with Gasteiger partial charge in [-0.1, -0.05) is 31.2 Å². The average Bonchev–Trinajstić information content (AvgIpc) is 2.44. The number of fused-ring (bicyclic) bond motifs is 1. The molecule has 1 aromatic carbocycles. The first kappa shape index (κ1) is 7.41. The molecule has 1 atom stereocenters. The highest BCUT2D eigenvalue weighted by Crippen LogP contribution is 2.36. The van der Waals surface area contributed by atoms with Crippen molar-refractivity contribution in [3.05, 3.63) is 47.2 Å². The lowest BCUT2D eigenvalue weighted by Crippen LogP contribution is -1.88. The minimum absolute atomic E-state index is 0.395. The van der Waals surface area contributed by atoms with Gasteiger partial charge in [0, 0.05) is 5.92 Å². The van der Waals surface area contributed by atoms with E-state index in [0.717, 1.165) is 12.0 Å². The van der Waals surface area contributed by atoms with Crippen molar-refractivity contribution in [1.82, 2.24) is 0 Å². The summed E-state index contributed by atoms with van der Waals surface area (Å²) in [5.41, 5.74) is 3.83. The van der Waals surface area contributed by atoms with E-state index in [1.54, 1.807) is 0 Å². The van der Waals surface area contributed by atoms with Crippen LogP contribution in [0.2, 0.25) is 0 Å². The maximum atomic E-state index is 8.95. The van der Waals surface area contributed by atoms with Gasteiger partial charge in [0.2, 0.25) is 0 Å². The standard InChI is InChI=1S/C11H12O/c1-8-10(7-12)6-9-4-2-3-5-11(8)9/h2-5,7-8,12H,6H2,1H3/b10-7-. The third-order valence-electron chi connectivity index (χ3n) is 2.64. The van der Waals surface area contributed by atoms with Crippen LogP contribution in [0.5, 0.6) is 0 Å². The SMILES string of the molecule is CC1/C(=C\O)Cc2ccccc21. The molecule has 2 rings (SSSR count). The molecule has 1 N–H and O–H groups in total. The molecule has 1 aliphatic carbocycles. The van der Waals surface area contributed by atoms with Crippen molar-refractivity contribution in [2.75, 3.05) is 0 Å². The van der Waals surface area contributed by atoms with Crippen LogP contribution in [-0.4, -0.2) is 5.11 Å². The molecule has 1 aliphatic rings. The third kappa shape index (κ3) is 0.934. The van der Waals surface area contributed by atoms with E-state index in [1.165, 1.54) is 17.4 Å². The molecule has 1 nitrogen and oxygen atoms in total. The Morgan fingerprint density at radius 1 is 1.42 bits per heavy atom. The van der Waals surface area contributed by atoms with Crippen molar-refractivity contribution in [3.63, 3.8) is 0 Å². The lowest BCUT2D eigenvalue weighted by Gasteiger charge is -2.03. The van der Waals surface area contributed by atoms with Crippen LogP contribution >= 0.6 is 0 Å². The van der Waals surface area contributed by atoms with Crippen LogP contribution in [0.25, 0.3) is 0 Å². The summed E-state index contributed by atoms with van der Waals surface area (Å²) in [5.74, 6) is 0.395. The second-order valence-corrected chi connectivity index (χ2v) is 3.30. The van der Waals surface area contributed by atoms with Crippen LogP contribution in [0.15, 0.2) is 36.1 Å². The zero-order valence-corrected chi connectivity index (χ0v) is 7.12. The quantitative estimate of drug-likeness (QED) is 0.578. The summed E-state index contributed by atoms with van der Waals surface area (Å²) in [4.78, 5) is 0. The van der Waals surface area contributed by atoms with E-state index in [4.69, 9.17) is 5.11 Å². The third-order valence-corrected chi connectivity index (χ3v) is 2.64. The lowest BCUT2D eigenvalue weighted by molar-refractivity contribution is 0.462. The molecule has 12 heavy (non-hydrogen) atoms. The first-order chi connectivity index (χ1) is 5.83. The van der Waals surface area contributed by atoms with Gasteiger partial charge in [-0.25, -0.2) is 0 Å². The van der Waals surface area contributed by atoms with Crippen LogP contribution in [-0.2, 0) is 6.42 Å². The highest BCUT2D eigenvalue weighted by atomic mass is 16.2. The fraction of sp³-hybridized carbons (Fsp3) is 0.273. The highest BCUT2D eigenvalue weighted by Gasteiger charge is 2.22. The van der Waals surface area contributed by atoms with E-state index in [0.29, 0.717) is 5.92 Å². The molecule has 0 saturated carbocycles. The molecule has 0 aliphatic heterocycles. The van der Waals surface area contributed by atoms with Crippen molar-refractivity contribution >= 4 is 0 Å². The first-order valence-corrected chi connectivity index (χ1v) is 4.24. The zero-order valence-electron chi connectivity index (χ0n) is 7.12. The Morgan fingerprint density at radius 2 is 2.17 bits per heavy atom. The Kier molecular flexibility index (Phi) is 1.65. The Labute approximate surface area is 72.4 Å². The van der Waals surface area contributed by atoms with Crippen molar-refractivity contribution in [2.24, 2.45) is 0 Å². The average molecular weight is 160 g/mol. The molecular weight excluding hydrogens is 148 g/mol. The van der Waals surface area contributed by atoms with E-state index in [-0.39, 0.29) is 0 Å². The number of aliphatic hydroxyl groups is 1. The predicted octanol–water partition coefficient (Wildman–Crippen LogP) is 2.79. The molecule has 0 radical (unpaired) electrons. The van der Waals surface area contributed by atoms with Gasteiger partial charge in [0.05, 0.1) is 6.26 Å². The molecule has 0 heterocycles. The minimum atomic E-state index is 0.395. The second-order valence-electron chi connectivity index (χ2n) is 3.30. The minimum Gasteiger partial charge on any atom is -0.516 e. The molecule has 0 fully saturated rings. The van der Waals surface area contributed by atoms with Crippen LogP contribution in [0, 0.1) is 0 Å². The zero-order chi connectivity index (χ0) is 8.55. The van der Waals surface area contributed by atoms with E-state index < -0.39 is 0 Å². The van der Waals surface area contributed by atoms with E-state index >= 15 is 0 Å². The maximum Gasteiger partial charge on any atom is 0.0793 e. The van der Waals surface area contributed by atoms with Gasteiger partial charge in [0.1, 0.15) is 0 Å². The van der Waals surface area contributed by atoms with Crippen LogP contribution < -0.4 is 0 Å². The number of hydrogen-bond donors (Lipinski definition) is 1. The first-order valence-electron chi connectivity index (χ1n) is 4.24. The van der Waals surface area contributed by atoms with Crippen LogP contribution in [0.3, 0.4) is 0 Å². The summed E-state index contributed by atoms with van der Waals surface area (Å²) >= 11 is 0. The Morgan fingerprint density at radius 3 is 2.83 bits per heavy atom. The second kappa shape index (κ2) is 2.67. The summed E-state index contributed by atoms with van der Waals surface area (Å²) in [7, 11) is 0. The number of hydrogen-bond acceptors (Lipinski definition) is 1. The predicted molar refractivity (Wildman–Crippen MR) is 49.3 cm³/mol. The van der Waals surface area contributed by atoms with Gasteiger partial charge in [-0.3, -0.25) is 0 Å². The summed E-state index contributed by atoms with van der Waals surface area (Å²) in [6, 6.07) is 8.36. The fourth-order valence-corrected chi connectivity index (χ4v) is 1.85. The van der Waals surface area contributed by atoms with Crippen molar-refractivity contribution in [2.45, 2.75) is 19.3 Å². The number of benzene rings is 1. The van der Waals surface area contributed by atoms with Gasteiger partial charge in [0.15, 0.2) is 0 Å². The van der Waals surface area contributed by atoms with E-state index in [2.05, 4.69) is 25.1 Å². The van der Waals surface area contributed by atoms with E-state index in [1.807, 2.05) is 6.07 Å². The Hall–Kier alpha value is -1.24. The fourth-order valence-electron chi connectivity index (χ4n) is 1.85. The van der Waals surface area contributed by atoms with Gasteiger partial charge in [-0.2, -0.15) is 0 Å². The lowest BCUT2D eigenvalue weighted by atomic mass is 10.0. The van der Waals surface area contributed by atoms with Crippen LogP contribution in [0.4, 0.5) is 0 Å². The van der Waals surface area contributed by atoms with E-state index in [9.17, 15) is 0 Å². The Bertz CT molecular complexity index is 326. The molecule has 62 valence electrons. The van der Waals surface area contributed by atoms with Gasteiger partial charge < -0.3 is 5.11 Å². The molecule has 0 amide bonds. The summed E-state index contributed by atoms with van der Waals surface area (Å²) in [6.07, 6.45) is 2.17. The molecule has 1 aromatic rings. The van der Waals surface area contributed by atoms with Gasteiger partial charge in [-0.15, -0.1) is 0 Å². The smallest absolute Gasteiger partial charge is 0.0793 e. The summed E-state index contributed by atoms with van der Waals surface area (Å²) in [5, 5.41) is 8.95. The summed E-state index contributed by atoms with van der Waals surface area (Å²) < 4.78 is 0. The number of aliphatic hydroxyl groups excluding tert-OH is 1. The molecule has 0 aromatic heterocycles. The largest absolute Gasteiger partial charge is 0.516 e. The van der Waals surface area contributed by atoms with Crippen molar-refractivity contribution < 1.29 is 5.11 Å². The van der Waals surface area contributed by atoms with Crippen molar-refractivity contribution in [3.8, 4) is 0 Å². The van der Waals surface area contributed by atoms with Crippen molar-refractivity contribution in [1.29, 1.82) is 0 Å².